The van der Waals surface area contributed by atoms with Crippen LogP contribution in [0.15, 0.2) is 97.1 Å². The normalized spacial score (nSPS) is 10.9. The number of halogens is 1. The van der Waals surface area contributed by atoms with Gasteiger partial charge < -0.3 is 25.8 Å². The predicted molar refractivity (Wildman–Crippen MR) is 164 cm³/mol. The fourth-order valence-electron chi connectivity index (χ4n) is 4.45. The van der Waals surface area contributed by atoms with Gasteiger partial charge in [-0.15, -0.1) is 0 Å². The summed E-state index contributed by atoms with van der Waals surface area (Å²) in [6.45, 7) is 1.29. The fraction of sp³-hybridized carbons (Fsp3) is 0.152. The van der Waals surface area contributed by atoms with E-state index in [4.69, 9.17) is 26.8 Å². The number of nitrogens with two attached hydrogens (primary N) is 1. The molecule has 0 saturated heterocycles. The molecule has 0 spiro atoms. The molecule has 0 atom stereocenters. The molecular weight excluding hydrogens is 538 g/mol. The highest BCUT2D eigenvalue weighted by atomic mass is 35.5. The van der Waals surface area contributed by atoms with E-state index in [2.05, 4.69) is 10.6 Å². The molecule has 0 bridgehead atoms. The number of amides is 2. The highest BCUT2D eigenvalue weighted by Crippen LogP contribution is 2.28. The van der Waals surface area contributed by atoms with Crippen LogP contribution in [0, 0.1) is 0 Å². The second-order valence-corrected chi connectivity index (χ2v) is 9.88. The summed E-state index contributed by atoms with van der Waals surface area (Å²) >= 11 is 5.98. The third-order valence-corrected chi connectivity index (χ3v) is 6.79. The van der Waals surface area contributed by atoms with Crippen LogP contribution in [0.5, 0.6) is 11.5 Å². The molecule has 0 aromatic heterocycles. The van der Waals surface area contributed by atoms with Crippen molar-refractivity contribution in [1.29, 1.82) is 0 Å². The second-order valence-electron chi connectivity index (χ2n) is 9.45. The molecule has 4 N–H and O–H groups in total. The lowest BCUT2D eigenvalue weighted by Gasteiger charge is -2.15. The Labute approximate surface area is 243 Å². The van der Waals surface area contributed by atoms with E-state index in [1.54, 1.807) is 30.3 Å². The van der Waals surface area contributed by atoms with Crippen molar-refractivity contribution in [1.82, 2.24) is 5.32 Å². The van der Waals surface area contributed by atoms with Crippen LogP contribution in [-0.4, -0.2) is 38.1 Å². The monoisotopic (exact) mass is 567 g/mol. The summed E-state index contributed by atoms with van der Waals surface area (Å²) in [5, 5.41) is 10.2. The molecule has 0 aliphatic rings. The quantitative estimate of drug-likeness (QED) is 0.159. The molecule has 8 heteroatoms. The van der Waals surface area contributed by atoms with Crippen molar-refractivity contribution < 1.29 is 19.1 Å². The van der Waals surface area contributed by atoms with Crippen LogP contribution in [0.2, 0.25) is 5.02 Å². The number of hydrogen-bond acceptors (Lipinski definition) is 5. The lowest BCUT2D eigenvalue weighted by Crippen LogP contribution is -2.29. The lowest BCUT2D eigenvalue weighted by molar-refractivity contribution is 0.0940. The van der Waals surface area contributed by atoms with E-state index in [-0.39, 0.29) is 25.0 Å². The van der Waals surface area contributed by atoms with Gasteiger partial charge in [0, 0.05) is 10.7 Å². The van der Waals surface area contributed by atoms with Gasteiger partial charge >= 0.3 is 0 Å². The molecule has 0 saturated carbocycles. The number of rotatable bonds is 11. The smallest absolute Gasteiger partial charge is 0.259 e. The molecule has 0 heterocycles. The molecule has 41 heavy (non-hydrogen) atoms. The van der Waals surface area contributed by atoms with Crippen molar-refractivity contribution in [2.45, 2.75) is 6.42 Å². The Morgan fingerprint density at radius 2 is 1.20 bits per heavy atom. The molecule has 5 aromatic carbocycles. The first-order valence-electron chi connectivity index (χ1n) is 13.4. The van der Waals surface area contributed by atoms with Gasteiger partial charge in [0.25, 0.3) is 11.8 Å². The minimum atomic E-state index is -0.312. The van der Waals surface area contributed by atoms with Gasteiger partial charge in [-0.05, 0) is 83.0 Å². The second kappa shape index (κ2) is 13.2. The van der Waals surface area contributed by atoms with E-state index >= 15 is 0 Å². The van der Waals surface area contributed by atoms with Crippen LogP contribution >= 0.6 is 11.6 Å². The van der Waals surface area contributed by atoms with Crippen LogP contribution in [-0.2, 0) is 0 Å². The van der Waals surface area contributed by atoms with Gasteiger partial charge in [0.05, 0.1) is 24.3 Å². The van der Waals surface area contributed by atoms with Crippen molar-refractivity contribution in [2.75, 3.05) is 31.6 Å². The van der Waals surface area contributed by atoms with Crippen molar-refractivity contribution in [2.24, 2.45) is 5.73 Å². The number of carbonyl (C=O) groups excluding carboxylic acids is 2. The Morgan fingerprint density at radius 3 is 1.76 bits per heavy atom. The highest BCUT2D eigenvalue weighted by molar-refractivity contribution is 6.30. The SMILES string of the molecule is NCCCOc1cc2ccccc2cc1C(=O)NCCOc1cc2ccccc2cc1C(=O)Nc1ccc(Cl)cc1. The number of fused-ring (bicyclic) bond motifs is 2. The molecule has 2 amide bonds. The van der Waals surface area contributed by atoms with Crippen molar-refractivity contribution >= 4 is 50.6 Å². The van der Waals surface area contributed by atoms with Gasteiger partial charge in [0.2, 0.25) is 0 Å². The van der Waals surface area contributed by atoms with E-state index in [0.717, 1.165) is 21.5 Å². The Bertz CT molecular complexity index is 1690. The van der Waals surface area contributed by atoms with Crippen LogP contribution in [0.1, 0.15) is 27.1 Å². The molecule has 0 aliphatic heterocycles. The minimum absolute atomic E-state index is 0.155. The summed E-state index contributed by atoms with van der Waals surface area (Å²) in [5.41, 5.74) is 7.05. The molecule has 7 nitrogen and oxygen atoms in total. The van der Waals surface area contributed by atoms with Gasteiger partial charge in [0.1, 0.15) is 18.1 Å². The third kappa shape index (κ3) is 6.95. The van der Waals surface area contributed by atoms with E-state index in [9.17, 15) is 9.59 Å². The van der Waals surface area contributed by atoms with Gasteiger partial charge in [0.15, 0.2) is 0 Å². The molecule has 5 aromatic rings. The maximum absolute atomic E-state index is 13.2. The zero-order chi connectivity index (χ0) is 28.6. The van der Waals surface area contributed by atoms with Crippen molar-refractivity contribution in [3.05, 3.63) is 113 Å². The minimum Gasteiger partial charge on any atom is -0.493 e. The average Bonchev–Trinajstić information content (AvgIpc) is 2.99. The Balaban J connectivity index is 1.29. The van der Waals surface area contributed by atoms with Gasteiger partial charge in [-0.25, -0.2) is 0 Å². The van der Waals surface area contributed by atoms with Gasteiger partial charge in [-0.1, -0.05) is 60.1 Å². The standard InChI is InChI=1S/C33H30ClN3O4/c34-26-10-12-27(13-11-26)37-33(39)29-19-23-7-2-4-9-25(23)21-31(29)41-17-15-36-32(38)28-18-22-6-1-3-8-24(22)20-30(28)40-16-5-14-35/h1-4,6-13,18-21H,5,14-17,35H2,(H,36,38)(H,37,39). The first-order chi connectivity index (χ1) is 20.0. The molecular formula is C33H30ClN3O4. The van der Waals surface area contributed by atoms with Crippen LogP contribution in [0.3, 0.4) is 0 Å². The molecule has 0 fully saturated rings. The number of hydrogen-bond donors (Lipinski definition) is 3. The lowest BCUT2D eigenvalue weighted by atomic mass is 10.0. The molecule has 0 aliphatic carbocycles. The average molecular weight is 568 g/mol. The fourth-order valence-corrected chi connectivity index (χ4v) is 4.58. The first-order valence-corrected chi connectivity index (χ1v) is 13.8. The van der Waals surface area contributed by atoms with Gasteiger partial charge in [-0.2, -0.15) is 0 Å². The third-order valence-electron chi connectivity index (χ3n) is 6.54. The maximum atomic E-state index is 13.2. The summed E-state index contributed by atoms with van der Waals surface area (Å²) in [6, 6.07) is 29.8. The zero-order valence-electron chi connectivity index (χ0n) is 22.4. The number of nitrogens with one attached hydrogen (secondary N) is 2. The summed E-state index contributed by atoms with van der Waals surface area (Å²) in [5.74, 6) is 0.334. The Hall–Kier alpha value is -4.59. The molecule has 5 rings (SSSR count). The van der Waals surface area contributed by atoms with Crippen LogP contribution in [0.25, 0.3) is 21.5 Å². The number of anilines is 1. The van der Waals surface area contributed by atoms with Crippen LogP contribution in [0.4, 0.5) is 5.69 Å². The predicted octanol–water partition coefficient (Wildman–Crippen LogP) is 6.44. The molecule has 0 unspecified atom stereocenters. The largest absolute Gasteiger partial charge is 0.493 e. The first kappa shape index (κ1) is 28.0. The summed E-state index contributed by atoms with van der Waals surface area (Å²) in [4.78, 5) is 26.4. The molecule has 0 radical (unpaired) electrons. The Kier molecular flexibility index (Phi) is 8.98. The maximum Gasteiger partial charge on any atom is 0.259 e. The summed E-state index contributed by atoms with van der Waals surface area (Å²) in [7, 11) is 0. The number of carbonyl (C=O) groups is 2. The Morgan fingerprint density at radius 1 is 0.683 bits per heavy atom. The number of benzene rings is 5. The molecule has 208 valence electrons. The van der Waals surface area contributed by atoms with Gasteiger partial charge in [-0.3, -0.25) is 9.59 Å². The van der Waals surface area contributed by atoms with Crippen molar-refractivity contribution in [3.8, 4) is 11.5 Å². The van der Waals surface area contributed by atoms with Crippen LogP contribution < -0.4 is 25.8 Å². The zero-order valence-corrected chi connectivity index (χ0v) is 23.1. The van der Waals surface area contributed by atoms with E-state index in [1.165, 1.54) is 0 Å². The van der Waals surface area contributed by atoms with Crippen molar-refractivity contribution in [3.63, 3.8) is 0 Å². The van der Waals surface area contributed by atoms with E-state index in [0.29, 0.717) is 52.9 Å². The summed E-state index contributed by atoms with van der Waals surface area (Å²) < 4.78 is 11.9. The number of ether oxygens (including phenoxy) is 2. The topological polar surface area (TPSA) is 103 Å². The highest BCUT2D eigenvalue weighted by Gasteiger charge is 2.17. The van der Waals surface area contributed by atoms with E-state index < -0.39 is 0 Å². The summed E-state index contributed by atoms with van der Waals surface area (Å²) in [6.07, 6.45) is 0.682. The van der Waals surface area contributed by atoms with E-state index in [1.807, 2.05) is 66.7 Å².